The molecule has 0 saturated heterocycles. The lowest BCUT2D eigenvalue weighted by atomic mass is 10.2. The molecule has 0 atom stereocenters. The molecule has 2 aromatic rings. The van der Waals surface area contributed by atoms with E-state index in [1.165, 1.54) is 0 Å². The number of esters is 1. The highest BCUT2D eigenvalue weighted by molar-refractivity contribution is 5.93. The summed E-state index contributed by atoms with van der Waals surface area (Å²) in [5.74, 6) is 0.343. The maximum absolute atomic E-state index is 12.0. The van der Waals surface area contributed by atoms with E-state index in [0.717, 1.165) is 11.4 Å². The van der Waals surface area contributed by atoms with Crippen LogP contribution in [0.1, 0.15) is 37.6 Å². The molecule has 0 bridgehead atoms. The smallest absolute Gasteiger partial charge is 0.338 e. The molecule has 0 radical (unpaired) electrons. The summed E-state index contributed by atoms with van der Waals surface area (Å²) in [7, 11) is 0. The summed E-state index contributed by atoms with van der Waals surface area (Å²) in [4.78, 5) is 23.6. The SMILES string of the molecule is CCOC(=O)c1ccc(NC(=O)CCNc2ccc(OC(C)C)cc2)cc1. The van der Waals surface area contributed by atoms with Gasteiger partial charge in [0.05, 0.1) is 18.3 Å². The molecule has 0 fully saturated rings. The Morgan fingerprint density at radius 3 is 2.19 bits per heavy atom. The number of anilines is 2. The van der Waals surface area contributed by atoms with E-state index in [-0.39, 0.29) is 18.0 Å². The van der Waals surface area contributed by atoms with Crippen molar-refractivity contribution in [1.82, 2.24) is 0 Å². The number of hydrogen-bond acceptors (Lipinski definition) is 5. The molecule has 0 unspecified atom stereocenters. The van der Waals surface area contributed by atoms with Gasteiger partial charge in [-0.25, -0.2) is 4.79 Å². The number of nitrogens with one attached hydrogen (secondary N) is 2. The summed E-state index contributed by atoms with van der Waals surface area (Å²) in [6.07, 6.45) is 0.461. The maximum atomic E-state index is 12.0. The average molecular weight is 370 g/mol. The van der Waals surface area contributed by atoms with E-state index in [0.29, 0.717) is 30.8 Å². The van der Waals surface area contributed by atoms with Crippen LogP contribution in [-0.4, -0.2) is 31.1 Å². The third kappa shape index (κ3) is 7.01. The van der Waals surface area contributed by atoms with E-state index >= 15 is 0 Å². The van der Waals surface area contributed by atoms with Crippen molar-refractivity contribution in [3.63, 3.8) is 0 Å². The van der Waals surface area contributed by atoms with Gasteiger partial charge in [-0.1, -0.05) is 0 Å². The monoisotopic (exact) mass is 370 g/mol. The fourth-order valence-electron chi connectivity index (χ4n) is 2.37. The van der Waals surface area contributed by atoms with Crippen molar-refractivity contribution in [2.75, 3.05) is 23.8 Å². The van der Waals surface area contributed by atoms with Gasteiger partial charge in [0.15, 0.2) is 0 Å². The normalized spacial score (nSPS) is 10.4. The number of ether oxygens (including phenoxy) is 2. The molecule has 6 heteroatoms. The van der Waals surface area contributed by atoms with Crippen LogP contribution < -0.4 is 15.4 Å². The van der Waals surface area contributed by atoms with Gasteiger partial charge in [0, 0.05) is 24.3 Å². The van der Waals surface area contributed by atoms with Gasteiger partial charge in [-0.3, -0.25) is 4.79 Å². The summed E-state index contributed by atoms with van der Waals surface area (Å²) in [5, 5.41) is 6.01. The highest BCUT2D eigenvalue weighted by Gasteiger charge is 2.07. The zero-order valence-corrected chi connectivity index (χ0v) is 16.0. The molecule has 0 aliphatic heterocycles. The number of benzene rings is 2. The lowest BCUT2D eigenvalue weighted by Crippen LogP contribution is -2.16. The van der Waals surface area contributed by atoms with Crippen LogP contribution >= 0.6 is 0 Å². The van der Waals surface area contributed by atoms with E-state index in [1.807, 2.05) is 38.1 Å². The van der Waals surface area contributed by atoms with Crippen molar-refractivity contribution in [1.29, 1.82) is 0 Å². The first-order valence-electron chi connectivity index (χ1n) is 9.05. The van der Waals surface area contributed by atoms with E-state index in [9.17, 15) is 9.59 Å². The molecule has 144 valence electrons. The zero-order valence-electron chi connectivity index (χ0n) is 16.0. The molecule has 0 saturated carbocycles. The highest BCUT2D eigenvalue weighted by atomic mass is 16.5. The van der Waals surface area contributed by atoms with Crippen molar-refractivity contribution < 1.29 is 19.1 Å². The Balaban J connectivity index is 1.75. The number of amides is 1. The standard InChI is InChI=1S/C21H26N2O4/c1-4-26-21(25)16-5-7-18(8-6-16)23-20(24)13-14-22-17-9-11-19(12-10-17)27-15(2)3/h5-12,15,22H,4,13-14H2,1-3H3,(H,23,24). The van der Waals surface area contributed by atoms with Gasteiger partial charge in [0.1, 0.15) is 5.75 Å². The average Bonchev–Trinajstić information content (AvgIpc) is 2.63. The van der Waals surface area contributed by atoms with E-state index < -0.39 is 0 Å². The minimum absolute atomic E-state index is 0.105. The summed E-state index contributed by atoms with van der Waals surface area (Å²) in [6.45, 7) is 6.56. The molecule has 2 N–H and O–H groups in total. The van der Waals surface area contributed by atoms with Gasteiger partial charge < -0.3 is 20.1 Å². The van der Waals surface area contributed by atoms with Crippen LogP contribution in [0.4, 0.5) is 11.4 Å². The van der Waals surface area contributed by atoms with Crippen molar-refractivity contribution in [3.05, 3.63) is 54.1 Å². The van der Waals surface area contributed by atoms with Crippen LogP contribution in [0, 0.1) is 0 Å². The topological polar surface area (TPSA) is 76.7 Å². The molecule has 0 spiro atoms. The zero-order chi connectivity index (χ0) is 19.6. The van der Waals surface area contributed by atoms with Gasteiger partial charge in [0.2, 0.25) is 5.91 Å². The van der Waals surface area contributed by atoms with Gasteiger partial charge in [0.25, 0.3) is 0 Å². The second-order valence-electron chi connectivity index (χ2n) is 6.21. The minimum atomic E-state index is -0.371. The van der Waals surface area contributed by atoms with Gasteiger partial charge >= 0.3 is 5.97 Å². The number of carbonyl (C=O) groups is 2. The third-order valence-electron chi connectivity index (χ3n) is 3.59. The van der Waals surface area contributed by atoms with Gasteiger partial charge in [-0.15, -0.1) is 0 Å². The molecule has 1 amide bonds. The molecule has 0 heterocycles. The van der Waals surface area contributed by atoms with Crippen LogP contribution in [0.15, 0.2) is 48.5 Å². The van der Waals surface area contributed by atoms with Crippen LogP contribution in [0.2, 0.25) is 0 Å². The van der Waals surface area contributed by atoms with Crippen molar-refractivity contribution in [2.24, 2.45) is 0 Å². The van der Waals surface area contributed by atoms with Gasteiger partial charge in [-0.05, 0) is 69.3 Å². The Kier molecular flexibility index (Phi) is 7.67. The molecule has 2 rings (SSSR count). The second kappa shape index (κ2) is 10.2. The molecule has 6 nitrogen and oxygen atoms in total. The summed E-state index contributed by atoms with van der Waals surface area (Å²) in [6, 6.07) is 14.3. The largest absolute Gasteiger partial charge is 0.491 e. The summed E-state index contributed by atoms with van der Waals surface area (Å²) in [5.41, 5.74) is 2.03. The number of rotatable bonds is 9. The van der Waals surface area contributed by atoms with Gasteiger partial charge in [-0.2, -0.15) is 0 Å². The second-order valence-corrected chi connectivity index (χ2v) is 6.21. The summed E-state index contributed by atoms with van der Waals surface area (Å²) >= 11 is 0. The van der Waals surface area contributed by atoms with Crippen LogP contribution in [-0.2, 0) is 9.53 Å². The van der Waals surface area contributed by atoms with Crippen LogP contribution in [0.25, 0.3) is 0 Å². The van der Waals surface area contributed by atoms with Crippen molar-refractivity contribution >= 4 is 23.3 Å². The first kappa shape index (κ1) is 20.3. The van der Waals surface area contributed by atoms with E-state index in [1.54, 1.807) is 31.2 Å². The Labute approximate surface area is 159 Å². The molecule has 0 aromatic heterocycles. The molecular weight excluding hydrogens is 344 g/mol. The Hall–Kier alpha value is -3.02. The number of hydrogen-bond donors (Lipinski definition) is 2. The highest BCUT2D eigenvalue weighted by Crippen LogP contribution is 2.17. The first-order valence-corrected chi connectivity index (χ1v) is 9.05. The fraction of sp³-hybridized carbons (Fsp3) is 0.333. The third-order valence-corrected chi connectivity index (χ3v) is 3.59. The fourth-order valence-corrected chi connectivity index (χ4v) is 2.37. The number of carbonyl (C=O) groups excluding carboxylic acids is 2. The van der Waals surface area contributed by atoms with Crippen molar-refractivity contribution in [2.45, 2.75) is 33.3 Å². The Morgan fingerprint density at radius 1 is 0.963 bits per heavy atom. The predicted octanol–water partition coefficient (Wildman–Crippen LogP) is 4.09. The Morgan fingerprint density at radius 2 is 1.59 bits per heavy atom. The minimum Gasteiger partial charge on any atom is -0.491 e. The van der Waals surface area contributed by atoms with E-state index in [2.05, 4.69) is 10.6 Å². The molecule has 27 heavy (non-hydrogen) atoms. The molecular formula is C21H26N2O4. The van der Waals surface area contributed by atoms with Crippen LogP contribution in [0.3, 0.4) is 0 Å². The van der Waals surface area contributed by atoms with Crippen molar-refractivity contribution in [3.8, 4) is 5.75 Å². The molecule has 2 aromatic carbocycles. The maximum Gasteiger partial charge on any atom is 0.338 e. The summed E-state index contributed by atoms with van der Waals surface area (Å²) < 4.78 is 10.5. The predicted molar refractivity (Wildman–Crippen MR) is 106 cm³/mol. The lowest BCUT2D eigenvalue weighted by molar-refractivity contribution is -0.115. The lowest BCUT2D eigenvalue weighted by Gasteiger charge is -2.11. The first-order chi connectivity index (χ1) is 13.0. The van der Waals surface area contributed by atoms with E-state index in [4.69, 9.17) is 9.47 Å². The molecule has 0 aliphatic rings. The molecule has 0 aliphatic carbocycles. The van der Waals surface area contributed by atoms with Crippen LogP contribution in [0.5, 0.6) is 5.75 Å². The quantitative estimate of drug-likeness (QED) is 0.650. The Bertz CT molecular complexity index is 740.